The van der Waals surface area contributed by atoms with Crippen LogP contribution in [0.1, 0.15) is 152 Å². The van der Waals surface area contributed by atoms with Gasteiger partial charge in [-0.3, -0.25) is 9.59 Å². The van der Waals surface area contributed by atoms with E-state index in [4.69, 9.17) is 19.4 Å². The standard InChI is InChI=1S/C55H70F2N10O6/c1-31(2)46(62-53(70)72-5)51(68)65-23-9-11-44(65)49-58-38-15-13-33(27-40(38)60-49)42-17-18-43(67(42)35-29-36(56)48(37(57)30-35)64-25-21-55(22-26-64)19-7-8-20-55)34-14-16-39-41(28-34)61-50(59-39)45-12-10-24-66(45)52(69)47(32(3)4)63-54(71)73-6/h13-16,27-32,42-47H,7-12,17-26H2,1-6H3,(H,58,60)(H,59,61)(H,62,70)(H,63,71)/t42-,43-,44+,45+,46+,47?/m1/s1. The first-order valence-corrected chi connectivity index (χ1v) is 26.5. The van der Waals surface area contributed by atoms with Crippen LogP contribution >= 0.6 is 0 Å². The van der Waals surface area contributed by atoms with Gasteiger partial charge in [0.2, 0.25) is 11.8 Å². The van der Waals surface area contributed by atoms with Gasteiger partial charge in [-0.2, -0.15) is 0 Å². The van der Waals surface area contributed by atoms with Gasteiger partial charge in [-0.1, -0.05) is 52.7 Å². The lowest BCUT2D eigenvalue weighted by Gasteiger charge is -2.41. The Hall–Kier alpha value is -6.46. The van der Waals surface area contributed by atoms with Crippen LogP contribution in [0.5, 0.6) is 0 Å². The van der Waals surface area contributed by atoms with Gasteiger partial charge in [-0.05, 0) is 129 Å². The van der Waals surface area contributed by atoms with Crippen LogP contribution in [0.15, 0.2) is 48.5 Å². The molecule has 73 heavy (non-hydrogen) atoms. The van der Waals surface area contributed by atoms with Crippen molar-refractivity contribution >= 4 is 57.4 Å². The molecule has 10 rings (SSSR count). The lowest BCUT2D eigenvalue weighted by atomic mass is 9.77. The van der Waals surface area contributed by atoms with Crippen molar-refractivity contribution in [2.24, 2.45) is 17.3 Å². The highest BCUT2D eigenvalue weighted by Crippen LogP contribution is 2.51. The molecule has 1 spiro atoms. The molecule has 4 amide bonds. The molecule has 4 N–H and O–H groups in total. The van der Waals surface area contributed by atoms with Crippen molar-refractivity contribution in [1.29, 1.82) is 0 Å². The Bertz CT molecular complexity index is 2700. The van der Waals surface area contributed by atoms with Crippen LogP contribution in [0.2, 0.25) is 0 Å². The number of likely N-dealkylation sites (tertiary alicyclic amines) is 2. The number of fused-ring (bicyclic) bond motifs is 2. The number of hydrogen-bond donors (Lipinski definition) is 4. The van der Waals surface area contributed by atoms with Crippen LogP contribution < -0.4 is 20.4 Å². The van der Waals surface area contributed by atoms with Gasteiger partial charge in [0.05, 0.1) is 60.5 Å². The Morgan fingerprint density at radius 3 is 1.49 bits per heavy atom. The fourth-order valence-electron chi connectivity index (χ4n) is 12.9. The summed E-state index contributed by atoms with van der Waals surface area (Å²) in [5.74, 6) is -0.550. The Morgan fingerprint density at radius 1 is 0.616 bits per heavy atom. The van der Waals surface area contributed by atoms with E-state index in [1.165, 1.54) is 52.0 Å². The maximum atomic E-state index is 16.8. The number of amides is 4. The minimum Gasteiger partial charge on any atom is -0.453 e. The van der Waals surface area contributed by atoms with E-state index in [1.807, 2.05) is 69.0 Å². The van der Waals surface area contributed by atoms with Crippen LogP contribution in [-0.2, 0) is 19.1 Å². The maximum Gasteiger partial charge on any atom is 0.407 e. The van der Waals surface area contributed by atoms with Crippen molar-refractivity contribution in [1.82, 2.24) is 40.4 Å². The summed E-state index contributed by atoms with van der Waals surface area (Å²) < 4.78 is 43.2. The molecular formula is C55H70F2N10O6. The second kappa shape index (κ2) is 20.5. The average molecular weight is 1010 g/mol. The third-order valence-electron chi connectivity index (χ3n) is 16.8. The Kier molecular flexibility index (Phi) is 14.0. The zero-order valence-electron chi connectivity index (χ0n) is 42.9. The first-order valence-electron chi connectivity index (χ1n) is 26.5. The van der Waals surface area contributed by atoms with E-state index < -0.39 is 35.9 Å². The van der Waals surface area contributed by atoms with E-state index in [2.05, 4.69) is 25.5 Å². The quantitative estimate of drug-likeness (QED) is 0.0939. The summed E-state index contributed by atoms with van der Waals surface area (Å²) in [7, 11) is 2.56. The number of hydrogen-bond acceptors (Lipinski definition) is 10. The predicted molar refractivity (Wildman–Crippen MR) is 274 cm³/mol. The van der Waals surface area contributed by atoms with Crippen molar-refractivity contribution in [2.75, 3.05) is 50.2 Å². The number of rotatable bonds is 12. The van der Waals surface area contributed by atoms with Crippen molar-refractivity contribution in [3.8, 4) is 0 Å². The molecule has 2 aromatic heterocycles. The summed E-state index contributed by atoms with van der Waals surface area (Å²) in [6, 6.07) is 12.5. The summed E-state index contributed by atoms with van der Waals surface area (Å²) in [6.45, 7) is 9.86. The fraction of sp³-hybridized carbons (Fsp3) is 0.564. The second-order valence-corrected chi connectivity index (χ2v) is 21.9. The molecule has 6 atom stereocenters. The summed E-state index contributed by atoms with van der Waals surface area (Å²) in [4.78, 5) is 77.2. The number of nitrogens with one attached hydrogen (secondary N) is 4. The van der Waals surface area contributed by atoms with E-state index in [9.17, 15) is 19.2 Å². The summed E-state index contributed by atoms with van der Waals surface area (Å²) in [6.07, 6.45) is 9.75. The number of methoxy groups -OCH3 is 2. The number of benzene rings is 3. The van der Waals surface area contributed by atoms with Crippen LogP contribution in [0, 0.1) is 28.9 Å². The molecule has 6 heterocycles. The first kappa shape index (κ1) is 50.1. The second-order valence-electron chi connectivity index (χ2n) is 21.9. The van der Waals surface area contributed by atoms with Crippen LogP contribution in [0.4, 0.5) is 29.7 Å². The third kappa shape index (κ3) is 9.66. The van der Waals surface area contributed by atoms with Gasteiger partial charge < -0.3 is 49.7 Å². The zero-order chi connectivity index (χ0) is 51.3. The van der Waals surface area contributed by atoms with Crippen LogP contribution in [-0.4, -0.2) is 106 Å². The smallest absolute Gasteiger partial charge is 0.407 e. The highest BCUT2D eigenvalue weighted by Gasteiger charge is 2.42. The van der Waals surface area contributed by atoms with Crippen molar-refractivity contribution in [3.05, 3.63) is 82.9 Å². The van der Waals surface area contributed by atoms with E-state index in [0.29, 0.717) is 85.6 Å². The Morgan fingerprint density at radius 2 is 1.07 bits per heavy atom. The fourth-order valence-corrected chi connectivity index (χ4v) is 12.9. The number of anilines is 2. The number of nitrogens with zero attached hydrogens (tertiary/aromatic N) is 6. The Balaban J connectivity index is 0.966. The molecule has 3 aromatic carbocycles. The molecule has 4 saturated heterocycles. The lowest BCUT2D eigenvalue weighted by molar-refractivity contribution is -0.136. The summed E-state index contributed by atoms with van der Waals surface area (Å²) in [5, 5.41) is 5.44. The maximum absolute atomic E-state index is 16.8. The molecule has 1 unspecified atom stereocenters. The molecule has 18 heteroatoms. The predicted octanol–water partition coefficient (Wildman–Crippen LogP) is 10.0. The van der Waals surface area contributed by atoms with Crippen molar-refractivity contribution < 1.29 is 37.4 Å². The number of carbonyl (C=O) groups excluding carboxylic acids is 4. The molecule has 16 nitrogen and oxygen atoms in total. The van der Waals surface area contributed by atoms with Gasteiger partial charge in [0.15, 0.2) is 11.6 Å². The number of ether oxygens (including phenoxy) is 2. The topological polar surface area (TPSA) is 181 Å². The van der Waals surface area contributed by atoms with Gasteiger partial charge in [-0.15, -0.1) is 0 Å². The number of carbonyl (C=O) groups is 4. The summed E-state index contributed by atoms with van der Waals surface area (Å²) >= 11 is 0. The molecule has 5 aliphatic rings. The van der Waals surface area contributed by atoms with E-state index in [-0.39, 0.29) is 53.5 Å². The minimum atomic E-state index is -0.761. The minimum absolute atomic E-state index is 0.0419. The molecule has 1 saturated carbocycles. The van der Waals surface area contributed by atoms with Crippen molar-refractivity contribution in [2.45, 2.75) is 141 Å². The van der Waals surface area contributed by atoms with Gasteiger partial charge in [-0.25, -0.2) is 28.3 Å². The molecular weight excluding hydrogens is 935 g/mol. The molecule has 0 bridgehead atoms. The van der Waals surface area contributed by atoms with Gasteiger partial charge in [0.1, 0.15) is 29.4 Å². The number of imidazole rings is 2. The normalized spacial score (nSPS) is 22.8. The molecule has 5 aromatic rings. The van der Waals surface area contributed by atoms with Gasteiger partial charge in [0, 0.05) is 31.9 Å². The van der Waals surface area contributed by atoms with Crippen LogP contribution in [0.3, 0.4) is 0 Å². The van der Waals surface area contributed by atoms with Crippen molar-refractivity contribution in [3.63, 3.8) is 0 Å². The molecule has 1 aliphatic carbocycles. The van der Waals surface area contributed by atoms with E-state index in [0.717, 1.165) is 47.8 Å². The van der Waals surface area contributed by atoms with Gasteiger partial charge in [0.25, 0.3) is 0 Å². The highest BCUT2D eigenvalue weighted by molar-refractivity contribution is 5.88. The average Bonchev–Trinajstić information content (AvgIpc) is 4.25. The third-order valence-corrected chi connectivity index (χ3v) is 16.8. The monoisotopic (exact) mass is 1000 g/mol. The van der Waals surface area contributed by atoms with Crippen LogP contribution in [0.25, 0.3) is 22.1 Å². The largest absolute Gasteiger partial charge is 0.453 e. The number of halogens is 2. The summed E-state index contributed by atoms with van der Waals surface area (Å²) in [5.41, 5.74) is 5.70. The molecule has 5 fully saturated rings. The Labute approximate surface area is 425 Å². The molecule has 0 radical (unpaired) electrons. The number of piperidine rings is 1. The van der Waals surface area contributed by atoms with Gasteiger partial charge >= 0.3 is 12.2 Å². The lowest BCUT2D eigenvalue weighted by Crippen LogP contribution is -2.51. The first-order chi connectivity index (χ1) is 35.1. The number of H-pyrrole nitrogens is 2. The number of alkyl carbamates (subject to hydrolysis) is 2. The molecule has 4 aliphatic heterocycles. The highest BCUT2D eigenvalue weighted by atomic mass is 19.1. The van der Waals surface area contributed by atoms with E-state index >= 15 is 8.78 Å². The number of aromatic amines is 2. The van der Waals surface area contributed by atoms with E-state index in [1.54, 1.807) is 9.80 Å². The number of aromatic nitrogens is 4. The zero-order valence-corrected chi connectivity index (χ0v) is 42.9. The molecule has 390 valence electrons. The SMILES string of the molecule is COC(=O)NC(C(=O)N1CCC[C@H]1c1nc2cc([C@H]3CC[C@H](c4ccc5[nH]c([C@@H]6CCCN6C(=O)[C@@H](NC(=O)OC)C(C)C)nc5c4)N3c3cc(F)c(N4CCC5(CCCC5)CC4)c(F)c3)ccc2[nH]1)C(C)C.